The van der Waals surface area contributed by atoms with Crippen LogP contribution in [0.2, 0.25) is 16.6 Å². The molecule has 18 heavy (non-hydrogen) atoms. The summed E-state index contributed by atoms with van der Waals surface area (Å²) in [6, 6.07) is 0. The van der Waals surface area contributed by atoms with E-state index in [2.05, 4.69) is 48.1 Å². The monoisotopic (exact) mass is 272 g/mol. The van der Waals surface area contributed by atoms with E-state index < -0.39 is 8.32 Å². The molecule has 0 saturated carbocycles. The van der Waals surface area contributed by atoms with Gasteiger partial charge in [-0.2, -0.15) is 0 Å². The highest BCUT2D eigenvalue weighted by Crippen LogP contribution is 2.42. The van der Waals surface area contributed by atoms with Crippen molar-refractivity contribution < 1.29 is 9.53 Å². The van der Waals surface area contributed by atoms with Crippen LogP contribution in [-0.2, 0) is 4.43 Å². The molecule has 0 rings (SSSR count). The van der Waals surface area contributed by atoms with Gasteiger partial charge in [-0.1, -0.05) is 47.6 Å². The van der Waals surface area contributed by atoms with Crippen LogP contribution in [0, 0.1) is 5.92 Å². The van der Waals surface area contributed by atoms with E-state index in [-0.39, 0.29) is 12.5 Å². The van der Waals surface area contributed by atoms with Crippen molar-refractivity contribution in [3.8, 4) is 0 Å². The summed E-state index contributed by atoms with van der Waals surface area (Å²) >= 11 is 0. The van der Waals surface area contributed by atoms with E-state index in [0.717, 1.165) is 6.42 Å². The van der Waals surface area contributed by atoms with Crippen LogP contribution in [0.25, 0.3) is 0 Å². The standard InChI is InChI=1S/C15H32O2Si/c1-8-9-15(10-16)11-17-18(12(2)3,13(4)5)14(6)7/h8,12-16H,1,9-11H2,2-7H3. The van der Waals surface area contributed by atoms with Gasteiger partial charge in [0, 0.05) is 19.1 Å². The molecule has 0 aliphatic rings. The van der Waals surface area contributed by atoms with Crippen molar-refractivity contribution in [2.24, 2.45) is 5.92 Å². The fraction of sp³-hybridized carbons (Fsp3) is 0.867. The normalized spacial score (nSPS) is 14.6. The number of hydrogen-bond donors (Lipinski definition) is 1. The van der Waals surface area contributed by atoms with Gasteiger partial charge in [0.25, 0.3) is 0 Å². The van der Waals surface area contributed by atoms with Gasteiger partial charge in [-0.25, -0.2) is 0 Å². The van der Waals surface area contributed by atoms with Crippen LogP contribution < -0.4 is 0 Å². The number of rotatable bonds is 9. The van der Waals surface area contributed by atoms with Gasteiger partial charge in [0.1, 0.15) is 0 Å². The van der Waals surface area contributed by atoms with E-state index in [1.807, 2.05) is 6.08 Å². The summed E-state index contributed by atoms with van der Waals surface area (Å²) in [7, 11) is -1.78. The molecule has 1 N–H and O–H groups in total. The van der Waals surface area contributed by atoms with Gasteiger partial charge in [0.15, 0.2) is 8.32 Å². The Morgan fingerprint density at radius 3 is 1.78 bits per heavy atom. The molecule has 0 saturated heterocycles. The molecule has 0 aromatic carbocycles. The summed E-state index contributed by atoms with van der Waals surface area (Å²) in [4.78, 5) is 0. The third-order valence-electron chi connectivity index (χ3n) is 4.03. The van der Waals surface area contributed by atoms with Crippen molar-refractivity contribution in [2.45, 2.75) is 64.6 Å². The van der Waals surface area contributed by atoms with Gasteiger partial charge in [-0.3, -0.25) is 0 Å². The number of allylic oxidation sites excluding steroid dienone is 1. The maximum atomic E-state index is 9.36. The molecule has 0 radical (unpaired) electrons. The van der Waals surface area contributed by atoms with Crippen LogP contribution in [0.1, 0.15) is 48.0 Å². The Hall–Kier alpha value is -0.123. The number of hydrogen-bond acceptors (Lipinski definition) is 2. The second-order valence-electron chi connectivity index (χ2n) is 6.20. The zero-order valence-corrected chi connectivity index (χ0v) is 14.1. The first kappa shape index (κ1) is 17.9. The molecule has 0 heterocycles. The van der Waals surface area contributed by atoms with Gasteiger partial charge in [0.2, 0.25) is 0 Å². The Labute approximate surface area is 115 Å². The fourth-order valence-corrected chi connectivity index (χ4v) is 8.72. The largest absolute Gasteiger partial charge is 0.416 e. The SMILES string of the molecule is C=CCC(CO)CO[Si](C(C)C)(C(C)C)C(C)C. The van der Waals surface area contributed by atoms with Crippen LogP contribution >= 0.6 is 0 Å². The smallest absolute Gasteiger partial charge is 0.200 e. The first-order chi connectivity index (χ1) is 8.32. The van der Waals surface area contributed by atoms with Crippen molar-refractivity contribution in [1.29, 1.82) is 0 Å². The minimum atomic E-state index is -1.78. The third kappa shape index (κ3) is 4.21. The van der Waals surface area contributed by atoms with Gasteiger partial charge in [-0.15, -0.1) is 6.58 Å². The minimum absolute atomic E-state index is 0.185. The molecule has 0 aliphatic carbocycles. The zero-order valence-electron chi connectivity index (χ0n) is 13.1. The highest BCUT2D eigenvalue weighted by Gasteiger charge is 2.45. The molecule has 0 spiro atoms. The third-order valence-corrected chi connectivity index (χ3v) is 10.1. The van der Waals surface area contributed by atoms with E-state index in [4.69, 9.17) is 4.43 Å². The van der Waals surface area contributed by atoms with Gasteiger partial charge < -0.3 is 9.53 Å². The van der Waals surface area contributed by atoms with E-state index in [1.54, 1.807) is 0 Å². The maximum absolute atomic E-state index is 9.36. The lowest BCUT2D eigenvalue weighted by Gasteiger charge is -2.42. The maximum Gasteiger partial charge on any atom is 0.200 e. The number of aliphatic hydroxyl groups excluding tert-OH is 1. The summed E-state index contributed by atoms with van der Waals surface area (Å²) in [5.41, 5.74) is 1.79. The highest BCUT2D eigenvalue weighted by molar-refractivity contribution is 6.77. The summed E-state index contributed by atoms with van der Waals surface area (Å²) in [5, 5.41) is 9.36. The molecule has 0 bridgehead atoms. The summed E-state index contributed by atoms with van der Waals surface area (Å²) in [6.45, 7) is 18.3. The Morgan fingerprint density at radius 2 is 1.50 bits per heavy atom. The van der Waals surface area contributed by atoms with Gasteiger partial charge >= 0.3 is 0 Å². The van der Waals surface area contributed by atoms with Gasteiger partial charge in [-0.05, 0) is 23.0 Å². The number of aliphatic hydroxyl groups is 1. The average Bonchev–Trinajstić information content (AvgIpc) is 2.26. The van der Waals surface area contributed by atoms with Crippen LogP contribution in [0.4, 0.5) is 0 Å². The lowest BCUT2D eigenvalue weighted by atomic mass is 10.1. The zero-order chi connectivity index (χ0) is 14.3. The van der Waals surface area contributed by atoms with Crippen molar-refractivity contribution >= 4 is 8.32 Å². The average molecular weight is 273 g/mol. The van der Waals surface area contributed by atoms with Crippen LogP contribution in [0.3, 0.4) is 0 Å². The summed E-state index contributed by atoms with van der Waals surface area (Å²) in [5.74, 6) is 0.200. The predicted octanol–water partition coefficient (Wildman–Crippen LogP) is 4.36. The fourth-order valence-electron chi connectivity index (χ4n) is 3.19. The van der Waals surface area contributed by atoms with Crippen molar-refractivity contribution in [2.75, 3.05) is 13.2 Å². The summed E-state index contributed by atoms with van der Waals surface area (Å²) in [6.07, 6.45) is 2.70. The van der Waals surface area contributed by atoms with E-state index in [0.29, 0.717) is 23.2 Å². The molecular formula is C15H32O2Si. The van der Waals surface area contributed by atoms with Crippen LogP contribution in [0.15, 0.2) is 12.7 Å². The van der Waals surface area contributed by atoms with E-state index >= 15 is 0 Å². The lowest BCUT2D eigenvalue weighted by molar-refractivity contribution is 0.152. The molecule has 1 unspecified atom stereocenters. The highest BCUT2D eigenvalue weighted by atomic mass is 28.4. The van der Waals surface area contributed by atoms with Crippen molar-refractivity contribution in [3.63, 3.8) is 0 Å². The Morgan fingerprint density at radius 1 is 1.06 bits per heavy atom. The molecular weight excluding hydrogens is 240 g/mol. The Balaban J connectivity index is 4.84. The lowest BCUT2D eigenvalue weighted by Crippen LogP contribution is -2.48. The molecule has 0 fully saturated rings. The Kier molecular flexibility index (Phi) is 8.07. The summed E-state index contributed by atoms with van der Waals surface area (Å²) < 4.78 is 6.45. The topological polar surface area (TPSA) is 29.5 Å². The van der Waals surface area contributed by atoms with E-state index in [1.165, 1.54) is 0 Å². The van der Waals surface area contributed by atoms with Gasteiger partial charge in [0.05, 0.1) is 0 Å². The molecule has 0 amide bonds. The minimum Gasteiger partial charge on any atom is -0.416 e. The second kappa shape index (κ2) is 8.13. The molecule has 108 valence electrons. The quantitative estimate of drug-likeness (QED) is 0.499. The first-order valence-corrected chi connectivity index (χ1v) is 9.32. The predicted molar refractivity (Wildman–Crippen MR) is 82.4 cm³/mol. The Bertz CT molecular complexity index is 215. The van der Waals surface area contributed by atoms with E-state index in [9.17, 15) is 5.11 Å². The van der Waals surface area contributed by atoms with Crippen LogP contribution in [-0.4, -0.2) is 26.6 Å². The molecule has 1 atom stereocenters. The second-order valence-corrected chi connectivity index (χ2v) is 11.7. The van der Waals surface area contributed by atoms with Crippen molar-refractivity contribution in [3.05, 3.63) is 12.7 Å². The first-order valence-electron chi connectivity index (χ1n) is 7.18. The molecule has 0 aliphatic heterocycles. The molecule has 0 aromatic rings. The van der Waals surface area contributed by atoms with Crippen LogP contribution in [0.5, 0.6) is 0 Å². The molecule has 2 nitrogen and oxygen atoms in total. The molecule has 0 aromatic heterocycles. The molecule has 3 heteroatoms. The van der Waals surface area contributed by atoms with Crippen molar-refractivity contribution in [1.82, 2.24) is 0 Å².